The lowest BCUT2D eigenvalue weighted by atomic mass is 10.2. The van der Waals surface area contributed by atoms with E-state index >= 15 is 0 Å². The largest absolute Gasteiger partial charge is 0.351 e. The number of para-hydroxylation sites is 3. The number of carbonyl (C=O) groups excluding carboxylic acids is 2. The van der Waals surface area contributed by atoms with Gasteiger partial charge in [-0.2, -0.15) is 0 Å². The van der Waals surface area contributed by atoms with Gasteiger partial charge in [0, 0.05) is 7.05 Å². The molecule has 1 aromatic heterocycles. The molecular weight excluding hydrogens is 370 g/mol. The molecule has 0 unspecified atom stereocenters. The number of aromatic nitrogens is 2. The fourth-order valence-corrected chi connectivity index (χ4v) is 3.51. The van der Waals surface area contributed by atoms with Gasteiger partial charge in [0.25, 0.3) is 5.56 Å². The standard InChI is InChI=1S/C21H21N5O3/c1-14-20(21(29)26(24(14)2)15-8-4-3-5-9-15)23-19(28)13-25-12-18(27)22-16-10-6-7-11-17(16)25/h3-11H,12-13H2,1-2H3,(H,22,27)(H,23,28). The average molecular weight is 391 g/mol. The van der Waals surface area contributed by atoms with Crippen LogP contribution in [-0.4, -0.2) is 34.3 Å². The third-order valence-electron chi connectivity index (χ3n) is 5.01. The van der Waals surface area contributed by atoms with Gasteiger partial charge in [0.15, 0.2) is 0 Å². The summed E-state index contributed by atoms with van der Waals surface area (Å²) in [5.74, 6) is -0.542. The molecule has 2 N–H and O–H groups in total. The van der Waals surface area contributed by atoms with E-state index in [2.05, 4.69) is 10.6 Å². The van der Waals surface area contributed by atoms with E-state index in [1.807, 2.05) is 48.5 Å². The van der Waals surface area contributed by atoms with Gasteiger partial charge in [-0.15, -0.1) is 0 Å². The molecule has 0 fully saturated rings. The van der Waals surface area contributed by atoms with Crippen LogP contribution in [0.25, 0.3) is 5.69 Å². The normalized spacial score (nSPS) is 13.0. The lowest BCUT2D eigenvalue weighted by molar-refractivity contribution is -0.115. The zero-order chi connectivity index (χ0) is 20.5. The molecule has 0 spiro atoms. The quantitative estimate of drug-likeness (QED) is 0.711. The summed E-state index contributed by atoms with van der Waals surface area (Å²) < 4.78 is 3.21. The highest BCUT2D eigenvalue weighted by atomic mass is 16.2. The van der Waals surface area contributed by atoms with E-state index in [0.29, 0.717) is 17.1 Å². The van der Waals surface area contributed by atoms with Crippen molar-refractivity contribution in [2.45, 2.75) is 6.92 Å². The molecule has 1 aliphatic rings. The minimum atomic E-state index is -0.361. The topological polar surface area (TPSA) is 88.4 Å². The van der Waals surface area contributed by atoms with Crippen LogP contribution in [0.1, 0.15) is 5.69 Å². The first-order chi connectivity index (χ1) is 14.0. The third kappa shape index (κ3) is 3.40. The summed E-state index contributed by atoms with van der Waals surface area (Å²) in [4.78, 5) is 39.3. The van der Waals surface area contributed by atoms with Crippen LogP contribution < -0.4 is 21.1 Å². The first-order valence-electron chi connectivity index (χ1n) is 9.23. The number of nitrogens with one attached hydrogen (secondary N) is 2. The molecule has 0 saturated carbocycles. The van der Waals surface area contributed by atoms with Crippen molar-refractivity contribution in [2.75, 3.05) is 28.6 Å². The average Bonchev–Trinajstić information content (AvgIpc) is 2.92. The Morgan fingerprint density at radius 1 is 1.07 bits per heavy atom. The van der Waals surface area contributed by atoms with Crippen LogP contribution >= 0.6 is 0 Å². The molecule has 2 amide bonds. The van der Waals surface area contributed by atoms with Crippen LogP contribution in [0.15, 0.2) is 59.4 Å². The lowest BCUT2D eigenvalue weighted by Crippen LogP contribution is -2.42. The molecule has 2 aromatic carbocycles. The van der Waals surface area contributed by atoms with E-state index in [1.165, 1.54) is 4.68 Å². The fourth-order valence-electron chi connectivity index (χ4n) is 3.51. The van der Waals surface area contributed by atoms with Crippen LogP contribution in [0.2, 0.25) is 0 Å². The fraction of sp³-hybridized carbons (Fsp3) is 0.190. The zero-order valence-electron chi connectivity index (χ0n) is 16.2. The number of fused-ring (bicyclic) bond motifs is 1. The van der Waals surface area contributed by atoms with E-state index in [4.69, 9.17) is 0 Å². The maximum Gasteiger partial charge on any atom is 0.295 e. The molecule has 148 valence electrons. The van der Waals surface area contributed by atoms with Crippen LogP contribution in [0.3, 0.4) is 0 Å². The smallest absolute Gasteiger partial charge is 0.295 e. The van der Waals surface area contributed by atoms with Crippen LogP contribution in [0, 0.1) is 6.92 Å². The molecule has 0 aliphatic carbocycles. The second kappa shape index (κ2) is 7.31. The van der Waals surface area contributed by atoms with Crippen molar-refractivity contribution < 1.29 is 9.59 Å². The van der Waals surface area contributed by atoms with Gasteiger partial charge in [0.05, 0.1) is 35.8 Å². The second-order valence-corrected chi connectivity index (χ2v) is 6.91. The third-order valence-corrected chi connectivity index (χ3v) is 5.01. The lowest BCUT2D eigenvalue weighted by Gasteiger charge is -2.30. The first-order valence-corrected chi connectivity index (χ1v) is 9.23. The maximum absolute atomic E-state index is 12.9. The summed E-state index contributed by atoms with van der Waals surface area (Å²) in [5, 5.41) is 5.53. The minimum Gasteiger partial charge on any atom is -0.351 e. The number of amides is 2. The molecule has 2 heterocycles. The highest BCUT2D eigenvalue weighted by Gasteiger charge is 2.24. The highest BCUT2D eigenvalue weighted by molar-refractivity contribution is 6.03. The number of hydrogen-bond acceptors (Lipinski definition) is 4. The molecule has 0 saturated heterocycles. The van der Waals surface area contributed by atoms with Gasteiger partial charge in [-0.1, -0.05) is 30.3 Å². The van der Waals surface area contributed by atoms with Crippen molar-refractivity contribution in [2.24, 2.45) is 7.05 Å². The van der Waals surface area contributed by atoms with Gasteiger partial charge in [0.1, 0.15) is 5.69 Å². The zero-order valence-corrected chi connectivity index (χ0v) is 16.2. The molecule has 0 atom stereocenters. The molecule has 0 bridgehead atoms. The number of nitrogens with zero attached hydrogens (tertiary/aromatic N) is 3. The van der Waals surface area contributed by atoms with E-state index in [0.717, 1.165) is 5.69 Å². The Labute approximate surface area is 167 Å². The molecule has 3 aromatic rings. The minimum absolute atomic E-state index is 0.0382. The summed E-state index contributed by atoms with van der Waals surface area (Å²) in [6.45, 7) is 1.82. The van der Waals surface area contributed by atoms with Crippen LogP contribution in [0.4, 0.5) is 17.1 Å². The molecule has 4 rings (SSSR count). The molecular formula is C21H21N5O3. The monoisotopic (exact) mass is 391 g/mol. The van der Waals surface area contributed by atoms with Crippen molar-refractivity contribution in [3.05, 3.63) is 70.6 Å². The van der Waals surface area contributed by atoms with Crippen LogP contribution in [0.5, 0.6) is 0 Å². The van der Waals surface area contributed by atoms with Crippen molar-refractivity contribution in [1.82, 2.24) is 9.36 Å². The van der Waals surface area contributed by atoms with Gasteiger partial charge in [-0.3, -0.25) is 19.1 Å². The summed E-state index contributed by atoms with van der Waals surface area (Å²) in [5.41, 5.74) is 2.72. The predicted octanol–water partition coefficient (Wildman–Crippen LogP) is 1.88. The number of hydrogen-bond donors (Lipinski definition) is 2. The molecule has 8 nitrogen and oxygen atoms in total. The Morgan fingerprint density at radius 2 is 1.76 bits per heavy atom. The first kappa shape index (κ1) is 18.5. The highest BCUT2D eigenvalue weighted by Crippen LogP contribution is 2.28. The summed E-state index contributed by atoms with van der Waals surface area (Å²) in [6.07, 6.45) is 0. The Hall–Kier alpha value is -3.81. The maximum atomic E-state index is 12.9. The Bertz CT molecular complexity index is 1150. The molecule has 29 heavy (non-hydrogen) atoms. The van der Waals surface area contributed by atoms with Crippen LogP contribution in [-0.2, 0) is 16.6 Å². The molecule has 8 heteroatoms. The number of benzene rings is 2. The van der Waals surface area contributed by atoms with E-state index < -0.39 is 0 Å². The SMILES string of the molecule is Cc1c(NC(=O)CN2CC(=O)Nc3ccccc32)c(=O)n(-c2ccccc2)n1C. The molecule has 0 radical (unpaired) electrons. The molecule has 1 aliphatic heterocycles. The van der Waals surface area contributed by atoms with Crippen molar-refractivity contribution in [3.63, 3.8) is 0 Å². The van der Waals surface area contributed by atoms with Crippen molar-refractivity contribution in [3.8, 4) is 5.69 Å². The van der Waals surface area contributed by atoms with Gasteiger partial charge < -0.3 is 15.5 Å². The summed E-state index contributed by atoms with van der Waals surface area (Å²) in [7, 11) is 1.77. The summed E-state index contributed by atoms with van der Waals surface area (Å²) >= 11 is 0. The Kier molecular flexibility index (Phi) is 4.67. The van der Waals surface area contributed by atoms with E-state index in [1.54, 1.807) is 29.6 Å². The van der Waals surface area contributed by atoms with E-state index in [-0.39, 0.29) is 36.2 Å². The Balaban J connectivity index is 1.59. The number of anilines is 3. The van der Waals surface area contributed by atoms with Gasteiger partial charge in [-0.05, 0) is 31.2 Å². The number of rotatable bonds is 4. The summed E-state index contributed by atoms with van der Waals surface area (Å²) in [6, 6.07) is 16.5. The van der Waals surface area contributed by atoms with Crippen molar-refractivity contribution in [1.29, 1.82) is 0 Å². The Morgan fingerprint density at radius 3 is 2.52 bits per heavy atom. The van der Waals surface area contributed by atoms with Crippen molar-refractivity contribution >= 4 is 28.9 Å². The predicted molar refractivity (Wildman–Crippen MR) is 112 cm³/mol. The van der Waals surface area contributed by atoms with E-state index in [9.17, 15) is 14.4 Å². The van der Waals surface area contributed by atoms with Gasteiger partial charge in [-0.25, -0.2) is 4.68 Å². The second-order valence-electron chi connectivity index (χ2n) is 6.91. The van der Waals surface area contributed by atoms with Gasteiger partial charge in [0.2, 0.25) is 11.8 Å². The number of carbonyl (C=O) groups is 2. The van der Waals surface area contributed by atoms with Gasteiger partial charge >= 0.3 is 0 Å².